The van der Waals surface area contributed by atoms with Crippen molar-refractivity contribution in [2.45, 2.75) is 25.3 Å². The van der Waals surface area contributed by atoms with Crippen LogP contribution in [0.15, 0.2) is 35.3 Å². The van der Waals surface area contributed by atoms with Crippen LogP contribution in [0.4, 0.5) is 0 Å². The summed E-state index contributed by atoms with van der Waals surface area (Å²) >= 11 is 0. The van der Waals surface area contributed by atoms with E-state index >= 15 is 0 Å². The Labute approximate surface area is 122 Å². The van der Waals surface area contributed by atoms with Gasteiger partial charge in [0.15, 0.2) is 5.96 Å². The summed E-state index contributed by atoms with van der Waals surface area (Å²) in [7, 11) is 4.25. The highest BCUT2D eigenvalue weighted by Crippen LogP contribution is 2.34. The van der Waals surface area contributed by atoms with Crippen molar-refractivity contribution >= 4 is 5.96 Å². The Kier molecular flexibility index (Phi) is 5.41. The molecule has 0 amide bonds. The predicted octanol–water partition coefficient (Wildman–Crippen LogP) is 1.47. The van der Waals surface area contributed by atoms with Gasteiger partial charge in [-0.3, -0.25) is 4.99 Å². The zero-order valence-electron chi connectivity index (χ0n) is 12.5. The average molecular weight is 274 g/mol. The van der Waals surface area contributed by atoms with E-state index in [-0.39, 0.29) is 0 Å². The molecule has 20 heavy (non-hydrogen) atoms. The normalized spacial score (nSPS) is 17.2. The maximum Gasteiger partial charge on any atom is 0.188 e. The first kappa shape index (κ1) is 14.9. The topological polar surface area (TPSA) is 53.6 Å². The zero-order valence-corrected chi connectivity index (χ0v) is 12.5. The second-order valence-electron chi connectivity index (χ2n) is 5.76. The molecule has 0 heterocycles. The van der Waals surface area contributed by atoms with Gasteiger partial charge in [-0.05, 0) is 44.8 Å². The third kappa shape index (κ3) is 4.85. The predicted molar refractivity (Wildman–Crippen MR) is 84.8 cm³/mol. The lowest BCUT2D eigenvalue weighted by atomic mass is 10.1. The number of hydrogen-bond acceptors (Lipinski definition) is 2. The van der Waals surface area contributed by atoms with Crippen molar-refractivity contribution in [1.29, 1.82) is 0 Å². The van der Waals surface area contributed by atoms with E-state index in [2.05, 4.69) is 53.6 Å². The highest BCUT2D eigenvalue weighted by molar-refractivity contribution is 5.77. The van der Waals surface area contributed by atoms with Crippen LogP contribution in [0.2, 0.25) is 0 Å². The number of guanidine groups is 1. The van der Waals surface area contributed by atoms with Gasteiger partial charge in [-0.1, -0.05) is 30.3 Å². The maximum absolute atomic E-state index is 5.93. The molecule has 0 aliphatic heterocycles. The lowest BCUT2D eigenvalue weighted by molar-refractivity contribution is 0.271. The van der Waals surface area contributed by atoms with Crippen LogP contribution < -0.4 is 11.1 Å². The summed E-state index contributed by atoms with van der Waals surface area (Å²) in [5.74, 6) is 1.37. The minimum atomic E-state index is 0.532. The molecule has 1 fully saturated rings. The summed E-state index contributed by atoms with van der Waals surface area (Å²) < 4.78 is 0. The van der Waals surface area contributed by atoms with E-state index in [0.29, 0.717) is 12.0 Å². The molecule has 1 aromatic carbocycles. The first-order chi connectivity index (χ1) is 9.66. The minimum Gasteiger partial charge on any atom is -0.370 e. The Balaban J connectivity index is 1.71. The fraction of sp³-hybridized carbons (Fsp3) is 0.562. The fourth-order valence-corrected chi connectivity index (χ4v) is 2.44. The lowest BCUT2D eigenvalue weighted by Gasteiger charge is -2.22. The number of nitrogens with one attached hydrogen (secondary N) is 1. The molecule has 4 nitrogen and oxygen atoms in total. The largest absolute Gasteiger partial charge is 0.370 e. The van der Waals surface area contributed by atoms with Gasteiger partial charge in [0.25, 0.3) is 0 Å². The van der Waals surface area contributed by atoms with Crippen LogP contribution in [0.25, 0.3) is 0 Å². The molecule has 110 valence electrons. The molecule has 1 saturated carbocycles. The molecule has 1 unspecified atom stereocenters. The van der Waals surface area contributed by atoms with Crippen LogP contribution >= 0.6 is 0 Å². The Morgan fingerprint density at radius 1 is 1.35 bits per heavy atom. The second kappa shape index (κ2) is 7.29. The summed E-state index contributed by atoms with van der Waals surface area (Å²) in [4.78, 5) is 6.74. The van der Waals surface area contributed by atoms with E-state index in [9.17, 15) is 0 Å². The van der Waals surface area contributed by atoms with Gasteiger partial charge in [-0.15, -0.1) is 0 Å². The quantitative estimate of drug-likeness (QED) is 0.585. The van der Waals surface area contributed by atoms with Crippen molar-refractivity contribution < 1.29 is 0 Å². The van der Waals surface area contributed by atoms with Crippen molar-refractivity contribution in [3.63, 3.8) is 0 Å². The molecule has 0 bridgehead atoms. The monoisotopic (exact) mass is 274 g/mol. The van der Waals surface area contributed by atoms with E-state index in [1.807, 2.05) is 6.07 Å². The molecule has 0 spiro atoms. The first-order valence-corrected chi connectivity index (χ1v) is 7.41. The van der Waals surface area contributed by atoms with Crippen molar-refractivity contribution in [3.8, 4) is 0 Å². The molecule has 1 aromatic rings. The second-order valence-corrected chi connectivity index (χ2v) is 5.76. The molecule has 0 radical (unpaired) electrons. The fourth-order valence-electron chi connectivity index (χ4n) is 2.44. The molecule has 1 aliphatic rings. The van der Waals surface area contributed by atoms with Crippen LogP contribution in [0.3, 0.4) is 0 Å². The van der Waals surface area contributed by atoms with Crippen LogP contribution in [0.1, 0.15) is 18.4 Å². The van der Waals surface area contributed by atoms with Crippen molar-refractivity contribution in [3.05, 3.63) is 35.9 Å². The number of aliphatic imine (C=N–C) groups is 1. The lowest BCUT2D eigenvalue weighted by Crippen LogP contribution is -2.37. The van der Waals surface area contributed by atoms with Crippen LogP contribution in [0.5, 0.6) is 0 Å². The van der Waals surface area contributed by atoms with Crippen LogP contribution in [-0.2, 0) is 6.42 Å². The molecular formula is C16H26N4. The standard InChI is InChI=1S/C16H26N4/c1-20(2)15(14-8-9-14)12-19-16(17)18-11-10-13-6-4-3-5-7-13/h3-7,14-15H,8-12H2,1-2H3,(H3,17,18,19). The van der Waals surface area contributed by atoms with E-state index < -0.39 is 0 Å². The number of nitrogens with zero attached hydrogens (tertiary/aromatic N) is 2. The highest BCUT2D eigenvalue weighted by Gasteiger charge is 2.32. The van der Waals surface area contributed by atoms with E-state index in [4.69, 9.17) is 5.73 Å². The highest BCUT2D eigenvalue weighted by atomic mass is 15.1. The smallest absolute Gasteiger partial charge is 0.188 e. The van der Waals surface area contributed by atoms with Gasteiger partial charge in [0.05, 0.1) is 6.54 Å². The van der Waals surface area contributed by atoms with Gasteiger partial charge in [-0.2, -0.15) is 0 Å². The van der Waals surface area contributed by atoms with Gasteiger partial charge < -0.3 is 16.0 Å². The zero-order chi connectivity index (χ0) is 14.4. The Morgan fingerprint density at radius 3 is 2.65 bits per heavy atom. The number of benzene rings is 1. The Morgan fingerprint density at radius 2 is 2.05 bits per heavy atom. The first-order valence-electron chi connectivity index (χ1n) is 7.41. The summed E-state index contributed by atoms with van der Waals surface area (Å²) in [5, 5.41) is 3.19. The van der Waals surface area contributed by atoms with Gasteiger partial charge in [0, 0.05) is 12.6 Å². The van der Waals surface area contributed by atoms with Crippen molar-refractivity contribution in [2.75, 3.05) is 27.2 Å². The molecule has 0 saturated heterocycles. The maximum atomic E-state index is 5.93. The number of rotatable bonds is 7. The molecule has 1 atom stereocenters. The molecule has 0 aromatic heterocycles. The molecule has 2 rings (SSSR count). The van der Waals surface area contributed by atoms with Crippen LogP contribution in [0, 0.1) is 5.92 Å². The number of hydrogen-bond donors (Lipinski definition) is 2. The van der Waals surface area contributed by atoms with E-state index in [1.54, 1.807) is 0 Å². The SMILES string of the molecule is CN(C)C(CN=C(N)NCCc1ccccc1)C1CC1. The summed E-state index contributed by atoms with van der Waals surface area (Å²) in [5.41, 5.74) is 7.24. The molecular weight excluding hydrogens is 248 g/mol. The molecule has 3 N–H and O–H groups in total. The van der Waals surface area contributed by atoms with Gasteiger partial charge in [-0.25, -0.2) is 0 Å². The molecule has 1 aliphatic carbocycles. The Hall–Kier alpha value is -1.55. The third-order valence-electron chi connectivity index (χ3n) is 3.84. The third-order valence-corrected chi connectivity index (χ3v) is 3.84. The van der Waals surface area contributed by atoms with Gasteiger partial charge in [0.1, 0.15) is 0 Å². The van der Waals surface area contributed by atoms with Crippen molar-refractivity contribution in [1.82, 2.24) is 10.2 Å². The van der Waals surface area contributed by atoms with E-state index in [0.717, 1.165) is 25.4 Å². The number of nitrogens with two attached hydrogens (primary N) is 1. The molecule has 4 heteroatoms. The Bertz CT molecular complexity index is 421. The summed E-state index contributed by atoms with van der Waals surface area (Å²) in [6, 6.07) is 10.9. The van der Waals surface area contributed by atoms with Crippen LogP contribution in [-0.4, -0.2) is 44.1 Å². The average Bonchev–Trinajstić information content (AvgIpc) is 3.24. The number of likely N-dealkylation sites (N-methyl/N-ethyl adjacent to an activating group) is 1. The van der Waals surface area contributed by atoms with E-state index in [1.165, 1.54) is 18.4 Å². The van der Waals surface area contributed by atoms with Crippen molar-refractivity contribution in [2.24, 2.45) is 16.6 Å². The summed E-state index contributed by atoms with van der Waals surface area (Å²) in [6.45, 7) is 1.62. The van der Waals surface area contributed by atoms with Gasteiger partial charge in [0.2, 0.25) is 0 Å². The van der Waals surface area contributed by atoms with Gasteiger partial charge >= 0.3 is 0 Å². The minimum absolute atomic E-state index is 0.532. The summed E-state index contributed by atoms with van der Waals surface area (Å²) in [6.07, 6.45) is 3.64.